The molecule has 0 unspecified atom stereocenters. The van der Waals surface area contributed by atoms with Gasteiger partial charge in [0.1, 0.15) is 10.8 Å². The van der Waals surface area contributed by atoms with Crippen molar-refractivity contribution in [2.75, 3.05) is 6.54 Å². The number of hydrogen-bond donors (Lipinski definition) is 1. The first-order valence-electron chi connectivity index (χ1n) is 6.94. The van der Waals surface area contributed by atoms with Crippen molar-refractivity contribution in [2.24, 2.45) is 5.73 Å². The standard InChI is InChI=1S/C15H21FN2S/c1-2-3-8-18(13-5-6-13)10-11-9-12(16)4-7-14(11)15(17)19/h4,7,9,13H,2-3,5-6,8,10H2,1H3,(H2,17,19). The smallest absolute Gasteiger partial charge is 0.123 e. The monoisotopic (exact) mass is 280 g/mol. The molecular formula is C15H21FN2S. The summed E-state index contributed by atoms with van der Waals surface area (Å²) in [7, 11) is 0. The van der Waals surface area contributed by atoms with E-state index in [4.69, 9.17) is 18.0 Å². The molecule has 1 aliphatic rings. The Morgan fingerprint density at radius 1 is 1.47 bits per heavy atom. The average Bonchev–Trinajstić information content (AvgIpc) is 3.18. The van der Waals surface area contributed by atoms with Gasteiger partial charge >= 0.3 is 0 Å². The largest absolute Gasteiger partial charge is 0.389 e. The second kappa shape index (κ2) is 6.44. The number of hydrogen-bond acceptors (Lipinski definition) is 2. The third-order valence-electron chi connectivity index (χ3n) is 3.57. The Bertz CT molecular complexity index is 457. The molecule has 1 saturated carbocycles. The highest BCUT2D eigenvalue weighted by molar-refractivity contribution is 7.80. The minimum atomic E-state index is -0.221. The normalized spacial score (nSPS) is 14.9. The SMILES string of the molecule is CCCCN(Cc1cc(F)ccc1C(N)=S)C1CC1. The molecule has 0 spiro atoms. The molecule has 19 heavy (non-hydrogen) atoms. The van der Waals surface area contributed by atoms with Crippen molar-refractivity contribution >= 4 is 17.2 Å². The van der Waals surface area contributed by atoms with Crippen LogP contribution in [0.2, 0.25) is 0 Å². The lowest BCUT2D eigenvalue weighted by atomic mass is 10.1. The quantitative estimate of drug-likeness (QED) is 0.778. The molecule has 1 aliphatic carbocycles. The molecular weight excluding hydrogens is 259 g/mol. The summed E-state index contributed by atoms with van der Waals surface area (Å²) in [5.41, 5.74) is 7.44. The van der Waals surface area contributed by atoms with E-state index in [1.807, 2.05) is 0 Å². The molecule has 4 heteroatoms. The zero-order valence-electron chi connectivity index (χ0n) is 11.4. The zero-order valence-corrected chi connectivity index (χ0v) is 12.2. The lowest BCUT2D eigenvalue weighted by Gasteiger charge is -2.23. The van der Waals surface area contributed by atoms with E-state index in [2.05, 4.69) is 11.8 Å². The van der Waals surface area contributed by atoms with E-state index in [0.29, 0.717) is 11.0 Å². The maximum absolute atomic E-state index is 13.4. The fourth-order valence-electron chi connectivity index (χ4n) is 2.34. The summed E-state index contributed by atoms with van der Waals surface area (Å²) in [5.74, 6) is -0.221. The maximum Gasteiger partial charge on any atom is 0.123 e. The Labute approximate surface area is 119 Å². The summed E-state index contributed by atoms with van der Waals surface area (Å²) in [5, 5.41) is 0. The molecule has 0 aliphatic heterocycles. The molecule has 2 rings (SSSR count). The van der Waals surface area contributed by atoms with E-state index < -0.39 is 0 Å². The van der Waals surface area contributed by atoms with Crippen molar-refractivity contribution < 1.29 is 4.39 Å². The van der Waals surface area contributed by atoms with Crippen molar-refractivity contribution in [2.45, 2.75) is 45.2 Å². The van der Waals surface area contributed by atoms with E-state index in [9.17, 15) is 4.39 Å². The number of thiocarbonyl (C=S) groups is 1. The average molecular weight is 280 g/mol. The van der Waals surface area contributed by atoms with E-state index in [1.165, 1.54) is 31.7 Å². The van der Waals surface area contributed by atoms with Gasteiger partial charge < -0.3 is 5.73 Å². The predicted octanol–water partition coefficient (Wildman–Crippen LogP) is 3.22. The Balaban J connectivity index is 2.15. The highest BCUT2D eigenvalue weighted by Gasteiger charge is 2.29. The number of nitrogens with zero attached hydrogens (tertiary/aromatic N) is 1. The summed E-state index contributed by atoms with van der Waals surface area (Å²) in [6.45, 7) is 4.00. The van der Waals surface area contributed by atoms with E-state index in [-0.39, 0.29) is 5.82 Å². The molecule has 1 aromatic rings. The van der Waals surface area contributed by atoms with Crippen molar-refractivity contribution in [3.8, 4) is 0 Å². The molecule has 0 radical (unpaired) electrons. The van der Waals surface area contributed by atoms with Crippen molar-refractivity contribution in [1.82, 2.24) is 4.90 Å². The molecule has 2 nitrogen and oxygen atoms in total. The minimum absolute atomic E-state index is 0.221. The first kappa shape index (κ1) is 14.4. The third-order valence-corrected chi connectivity index (χ3v) is 3.79. The van der Waals surface area contributed by atoms with Crippen LogP contribution < -0.4 is 5.73 Å². The summed E-state index contributed by atoms with van der Waals surface area (Å²) in [6, 6.07) is 5.34. The summed E-state index contributed by atoms with van der Waals surface area (Å²) in [4.78, 5) is 2.78. The van der Waals surface area contributed by atoms with Gasteiger partial charge in [-0.2, -0.15) is 0 Å². The fourth-order valence-corrected chi connectivity index (χ4v) is 2.54. The van der Waals surface area contributed by atoms with Crippen molar-refractivity contribution in [1.29, 1.82) is 0 Å². The van der Waals surface area contributed by atoms with Crippen LogP contribution in [0.4, 0.5) is 4.39 Å². The van der Waals surface area contributed by atoms with Gasteiger partial charge in [0, 0.05) is 18.2 Å². The Morgan fingerprint density at radius 3 is 2.79 bits per heavy atom. The molecule has 0 bridgehead atoms. The Kier molecular flexibility index (Phi) is 4.88. The van der Waals surface area contributed by atoms with Gasteiger partial charge in [-0.05, 0) is 49.6 Å². The maximum atomic E-state index is 13.4. The van der Waals surface area contributed by atoms with Crippen LogP contribution >= 0.6 is 12.2 Å². The number of halogens is 1. The van der Waals surface area contributed by atoms with E-state index in [1.54, 1.807) is 12.1 Å². The van der Waals surface area contributed by atoms with E-state index >= 15 is 0 Å². The Hall–Kier alpha value is -1.00. The number of rotatable bonds is 7. The van der Waals surface area contributed by atoms with Gasteiger partial charge in [0.15, 0.2) is 0 Å². The molecule has 0 saturated heterocycles. The Morgan fingerprint density at radius 2 is 2.21 bits per heavy atom. The minimum Gasteiger partial charge on any atom is -0.389 e. The van der Waals surface area contributed by atoms with Crippen LogP contribution in [0, 0.1) is 5.82 Å². The highest BCUT2D eigenvalue weighted by atomic mass is 32.1. The van der Waals surface area contributed by atoms with Gasteiger partial charge in [0.25, 0.3) is 0 Å². The molecule has 0 aromatic heterocycles. The second-order valence-electron chi connectivity index (χ2n) is 5.22. The van der Waals surface area contributed by atoms with Crippen molar-refractivity contribution in [3.63, 3.8) is 0 Å². The molecule has 1 fully saturated rings. The lowest BCUT2D eigenvalue weighted by molar-refractivity contribution is 0.250. The first-order chi connectivity index (χ1) is 9.11. The topological polar surface area (TPSA) is 29.3 Å². The molecule has 2 N–H and O–H groups in total. The van der Waals surface area contributed by atoms with Crippen LogP contribution in [0.25, 0.3) is 0 Å². The van der Waals surface area contributed by atoms with Gasteiger partial charge in [-0.3, -0.25) is 4.90 Å². The van der Waals surface area contributed by atoms with Crippen LogP contribution in [0.1, 0.15) is 43.7 Å². The van der Waals surface area contributed by atoms with Crippen LogP contribution in [-0.2, 0) is 6.54 Å². The highest BCUT2D eigenvalue weighted by Crippen LogP contribution is 2.29. The first-order valence-corrected chi connectivity index (χ1v) is 7.35. The fraction of sp³-hybridized carbons (Fsp3) is 0.533. The van der Waals surface area contributed by atoms with Gasteiger partial charge in [-0.1, -0.05) is 25.6 Å². The molecule has 0 heterocycles. The predicted molar refractivity (Wildman–Crippen MR) is 80.6 cm³/mol. The van der Waals surface area contributed by atoms with E-state index in [0.717, 1.165) is 24.2 Å². The van der Waals surface area contributed by atoms with Crippen LogP contribution in [0.15, 0.2) is 18.2 Å². The van der Waals surface area contributed by atoms with Crippen LogP contribution in [-0.4, -0.2) is 22.5 Å². The van der Waals surface area contributed by atoms with Gasteiger partial charge in [-0.15, -0.1) is 0 Å². The molecule has 0 amide bonds. The lowest BCUT2D eigenvalue weighted by Crippen LogP contribution is -2.28. The summed E-state index contributed by atoms with van der Waals surface area (Å²) < 4.78 is 13.4. The molecule has 1 aromatic carbocycles. The van der Waals surface area contributed by atoms with Gasteiger partial charge in [0.2, 0.25) is 0 Å². The summed E-state index contributed by atoms with van der Waals surface area (Å²) >= 11 is 5.05. The number of nitrogens with two attached hydrogens (primary N) is 1. The third kappa shape index (κ3) is 3.98. The van der Waals surface area contributed by atoms with Gasteiger partial charge in [-0.25, -0.2) is 4.39 Å². The second-order valence-corrected chi connectivity index (χ2v) is 5.66. The molecule has 0 atom stereocenters. The molecule has 104 valence electrons. The number of benzene rings is 1. The summed E-state index contributed by atoms with van der Waals surface area (Å²) in [6.07, 6.45) is 4.85. The number of unbranched alkanes of at least 4 members (excludes halogenated alkanes) is 1. The van der Waals surface area contributed by atoms with Crippen LogP contribution in [0.5, 0.6) is 0 Å². The van der Waals surface area contributed by atoms with Gasteiger partial charge in [0.05, 0.1) is 0 Å². The zero-order chi connectivity index (χ0) is 13.8. The van der Waals surface area contributed by atoms with Crippen molar-refractivity contribution in [3.05, 3.63) is 35.1 Å². The van der Waals surface area contributed by atoms with Crippen LogP contribution in [0.3, 0.4) is 0 Å².